The highest BCUT2D eigenvalue weighted by molar-refractivity contribution is 5.39. The van der Waals surface area contributed by atoms with E-state index in [2.05, 4.69) is 15.1 Å². The number of nitrogens with two attached hydrogens (primary N) is 1. The molecule has 2 heterocycles. The van der Waals surface area contributed by atoms with Gasteiger partial charge in [-0.05, 0) is 32.9 Å². The number of benzene rings is 1. The summed E-state index contributed by atoms with van der Waals surface area (Å²) in [5.41, 5.74) is 8.43. The number of anilines is 1. The summed E-state index contributed by atoms with van der Waals surface area (Å²) in [6, 6.07) is 9.95. The molecule has 0 saturated heterocycles. The zero-order chi connectivity index (χ0) is 16.7. The number of nitrogen functional groups attached to an aromatic ring is 1. The van der Waals surface area contributed by atoms with Crippen LogP contribution in [-0.4, -0.2) is 26.4 Å². The van der Waals surface area contributed by atoms with Gasteiger partial charge < -0.3 is 10.5 Å². The van der Waals surface area contributed by atoms with Crippen molar-refractivity contribution in [2.75, 3.05) is 12.3 Å². The summed E-state index contributed by atoms with van der Waals surface area (Å²) in [6.07, 6.45) is 5.06. The average Bonchev–Trinajstić information content (AvgIpc) is 3.03. The molecule has 3 aromatic rings. The Morgan fingerprint density at radius 2 is 1.87 bits per heavy atom. The van der Waals surface area contributed by atoms with E-state index in [9.17, 15) is 0 Å². The lowest BCUT2D eigenvalue weighted by Gasteiger charge is -1.99. The number of rotatable bonds is 3. The Labute approximate surface area is 136 Å². The van der Waals surface area contributed by atoms with Crippen LogP contribution >= 0.6 is 0 Å². The summed E-state index contributed by atoms with van der Waals surface area (Å²) in [5, 5.41) is 4.20. The molecule has 2 N–H and O–H groups in total. The first-order valence-electron chi connectivity index (χ1n) is 7.38. The lowest BCUT2D eigenvalue weighted by molar-refractivity contribution is 0.340. The number of nitrogens with zero attached hydrogens (tertiary/aromatic N) is 4. The molecular weight excluding hydrogens is 290 g/mol. The van der Waals surface area contributed by atoms with E-state index in [1.54, 1.807) is 10.9 Å². The Balaban J connectivity index is 0.000000185. The molecule has 1 aromatic carbocycles. The molecule has 0 saturated carbocycles. The van der Waals surface area contributed by atoms with Crippen LogP contribution in [0.4, 0.5) is 5.82 Å². The maximum absolute atomic E-state index is 5.47. The number of hydrogen-bond acceptors (Lipinski definition) is 5. The van der Waals surface area contributed by atoms with Crippen LogP contribution in [0.1, 0.15) is 18.2 Å². The van der Waals surface area contributed by atoms with Gasteiger partial charge in [-0.1, -0.05) is 18.2 Å². The maximum atomic E-state index is 5.47. The fourth-order valence-electron chi connectivity index (χ4n) is 1.83. The van der Waals surface area contributed by atoms with Crippen LogP contribution in [0, 0.1) is 13.8 Å². The van der Waals surface area contributed by atoms with Crippen molar-refractivity contribution in [3.63, 3.8) is 0 Å². The third-order valence-electron chi connectivity index (χ3n) is 3.27. The fourth-order valence-corrected chi connectivity index (χ4v) is 1.83. The summed E-state index contributed by atoms with van der Waals surface area (Å²) in [5.74, 6) is 1.37. The second-order valence-electron chi connectivity index (χ2n) is 4.86. The second kappa shape index (κ2) is 7.93. The lowest BCUT2D eigenvalue weighted by Crippen LogP contribution is -1.97. The van der Waals surface area contributed by atoms with Crippen molar-refractivity contribution in [1.29, 1.82) is 0 Å². The Bertz CT molecular complexity index is 719. The quantitative estimate of drug-likeness (QED) is 0.804. The molecule has 0 unspecified atom stereocenters. The van der Waals surface area contributed by atoms with Crippen LogP contribution in [-0.2, 0) is 0 Å². The largest absolute Gasteiger partial charge is 0.491 e. The Morgan fingerprint density at radius 1 is 1.13 bits per heavy atom. The normalized spacial score (nSPS) is 9.87. The van der Waals surface area contributed by atoms with E-state index in [-0.39, 0.29) is 0 Å². The standard InChI is InChI=1S/C11H12N2O.C6H9N3/c1-2-14-11-8-12-13(9-11)10-6-4-3-5-7-10;1-4-5(2)8-3-9-6(4)7/h3-9H,2H2,1H3;3H,1-2H3,(H2,7,8,9). The Morgan fingerprint density at radius 3 is 2.48 bits per heavy atom. The molecule has 0 amide bonds. The number of aromatic nitrogens is 4. The Hall–Kier alpha value is -2.89. The van der Waals surface area contributed by atoms with Crippen molar-refractivity contribution >= 4 is 5.82 Å². The van der Waals surface area contributed by atoms with Gasteiger partial charge in [0.25, 0.3) is 0 Å². The zero-order valence-electron chi connectivity index (χ0n) is 13.6. The van der Waals surface area contributed by atoms with Gasteiger partial charge in [0, 0.05) is 11.3 Å². The van der Waals surface area contributed by atoms with E-state index in [1.807, 2.05) is 57.3 Å². The predicted molar refractivity (Wildman–Crippen MR) is 90.7 cm³/mol. The highest BCUT2D eigenvalue weighted by Crippen LogP contribution is 2.12. The van der Waals surface area contributed by atoms with Gasteiger partial charge in [0.05, 0.1) is 24.7 Å². The molecule has 0 aliphatic rings. The van der Waals surface area contributed by atoms with E-state index >= 15 is 0 Å². The molecule has 6 nitrogen and oxygen atoms in total. The molecule has 0 aliphatic carbocycles. The third kappa shape index (κ3) is 4.54. The van der Waals surface area contributed by atoms with Crippen LogP contribution < -0.4 is 10.5 Å². The van der Waals surface area contributed by atoms with Crippen LogP contribution in [0.15, 0.2) is 49.1 Å². The Kier molecular flexibility index (Phi) is 5.68. The van der Waals surface area contributed by atoms with Crippen molar-refractivity contribution in [2.24, 2.45) is 0 Å². The van der Waals surface area contributed by atoms with Gasteiger partial charge in [-0.15, -0.1) is 0 Å². The highest BCUT2D eigenvalue weighted by atomic mass is 16.5. The van der Waals surface area contributed by atoms with Gasteiger partial charge >= 0.3 is 0 Å². The highest BCUT2D eigenvalue weighted by Gasteiger charge is 1.99. The SMILES string of the molecule is CCOc1cnn(-c2ccccc2)c1.Cc1ncnc(N)c1C. The molecule has 2 aromatic heterocycles. The minimum atomic E-state index is 0.572. The van der Waals surface area contributed by atoms with E-state index in [0.717, 1.165) is 22.7 Å². The van der Waals surface area contributed by atoms with E-state index in [0.29, 0.717) is 12.4 Å². The zero-order valence-corrected chi connectivity index (χ0v) is 13.6. The average molecular weight is 311 g/mol. The van der Waals surface area contributed by atoms with Gasteiger partial charge in [0.2, 0.25) is 0 Å². The molecule has 0 atom stereocenters. The molecule has 0 spiro atoms. The molecule has 120 valence electrons. The lowest BCUT2D eigenvalue weighted by atomic mass is 10.2. The molecule has 0 bridgehead atoms. The van der Waals surface area contributed by atoms with Gasteiger partial charge in [-0.2, -0.15) is 5.10 Å². The van der Waals surface area contributed by atoms with Crippen LogP contribution in [0.3, 0.4) is 0 Å². The van der Waals surface area contributed by atoms with E-state index in [1.165, 1.54) is 6.33 Å². The number of aryl methyl sites for hydroxylation is 1. The topological polar surface area (TPSA) is 78.8 Å². The van der Waals surface area contributed by atoms with Gasteiger partial charge in [0.1, 0.15) is 12.1 Å². The smallest absolute Gasteiger partial charge is 0.157 e. The molecule has 23 heavy (non-hydrogen) atoms. The molecule has 0 fully saturated rings. The second-order valence-corrected chi connectivity index (χ2v) is 4.86. The monoisotopic (exact) mass is 311 g/mol. The minimum absolute atomic E-state index is 0.572. The summed E-state index contributed by atoms with van der Waals surface area (Å²) >= 11 is 0. The first-order chi connectivity index (χ1) is 11.1. The van der Waals surface area contributed by atoms with Crippen LogP contribution in [0.25, 0.3) is 5.69 Å². The van der Waals surface area contributed by atoms with Crippen molar-refractivity contribution in [1.82, 2.24) is 19.7 Å². The van der Waals surface area contributed by atoms with Crippen molar-refractivity contribution in [3.8, 4) is 11.4 Å². The minimum Gasteiger partial charge on any atom is -0.491 e. The summed E-state index contributed by atoms with van der Waals surface area (Å²) < 4.78 is 7.12. The molecule has 6 heteroatoms. The molecule has 0 aliphatic heterocycles. The van der Waals surface area contributed by atoms with Crippen LogP contribution in [0.2, 0.25) is 0 Å². The molecule has 0 radical (unpaired) electrons. The summed E-state index contributed by atoms with van der Waals surface area (Å²) in [4.78, 5) is 7.75. The van der Waals surface area contributed by atoms with Crippen molar-refractivity contribution in [3.05, 3.63) is 60.3 Å². The van der Waals surface area contributed by atoms with E-state index in [4.69, 9.17) is 10.5 Å². The summed E-state index contributed by atoms with van der Waals surface area (Å²) in [7, 11) is 0. The first-order valence-corrected chi connectivity index (χ1v) is 7.38. The van der Waals surface area contributed by atoms with Gasteiger partial charge in [-0.25, -0.2) is 14.6 Å². The van der Waals surface area contributed by atoms with Crippen LogP contribution in [0.5, 0.6) is 5.75 Å². The predicted octanol–water partition coefficient (Wildman–Crippen LogP) is 2.95. The number of para-hydroxylation sites is 1. The molecule has 3 rings (SSSR count). The number of ether oxygens (including phenoxy) is 1. The first kappa shape index (κ1) is 16.5. The summed E-state index contributed by atoms with van der Waals surface area (Å²) in [6.45, 7) is 6.44. The van der Waals surface area contributed by atoms with Crippen molar-refractivity contribution < 1.29 is 4.74 Å². The van der Waals surface area contributed by atoms with Crippen molar-refractivity contribution in [2.45, 2.75) is 20.8 Å². The third-order valence-corrected chi connectivity index (χ3v) is 3.27. The molecular formula is C17H21N5O. The fraction of sp³-hybridized carbons (Fsp3) is 0.235. The van der Waals surface area contributed by atoms with Gasteiger partial charge in [-0.3, -0.25) is 0 Å². The van der Waals surface area contributed by atoms with Gasteiger partial charge in [0.15, 0.2) is 5.75 Å². The van der Waals surface area contributed by atoms with E-state index < -0.39 is 0 Å². The number of hydrogen-bond donors (Lipinski definition) is 1. The maximum Gasteiger partial charge on any atom is 0.157 e.